The molecule has 0 radical (unpaired) electrons. The molecule has 1 fully saturated rings. The van der Waals surface area contributed by atoms with Crippen molar-refractivity contribution in [3.8, 4) is 0 Å². The van der Waals surface area contributed by atoms with Gasteiger partial charge in [0.15, 0.2) is 9.84 Å². The number of hydrogen-bond donors (Lipinski definition) is 1. The summed E-state index contributed by atoms with van der Waals surface area (Å²) in [5, 5.41) is -0.281. The van der Waals surface area contributed by atoms with E-state index >= 15 is 0 Å². The van der Waals surface area contributed by atoms with Crippen LogP contribution in [-0.4, -0.2) is 52.5 Å². The first-order valence-corrected chi connectivity index (χ1v) is 11.8. The summed E-state index contributed by atoms with van der Waals surface area (Å²) in [5.74, 6) is -0.473. The van der Waals surface area contributed by atoms with Crippen LogP contribution in [0.3, 0.4) is 0 Å². The number of aryl methyl sites for hydroxylation is 1. The van der Waals surface area contributed by atoms with E-state index in [0.717, 1.165) is 5.56 Å². The van der Waals surface area contributed by atoms with Gasteiger partial charge in [0, 0.05) is 18.1 Å². The Morgan fingerprint density at radius 3 is 2.32 bits per heavy atom. The zero-order chi connectivity index (χ0) is 20.5. The van der Waals surface area contributed by atoms with E-state index in [1.54, 1.807) is 19.1 Å². The summed E-state index contributed by atoms with van der Waals surface area (Å²) in [7, 11) is -7.38. The molecule has 0 aromatic heterocycles. The summed E-state index contributed by atoms with van der Waals surface area (Å²) >= 11 is 5.77. The van der Waals surface area contributed by atoms with Crippen LogP contribution in [0.5, 0.6) is 0 Å². The molecular weight excluding hydrogens is 424 g/mol. The predicted molar refractivity (Wildman–Crippen MR) is 105 cm³/mol. The fraction of sp³-hybridized carbons (Fsp3) is 0.278. The van der Waals surface area contributed by atoms with Gasteiger partial charge >= 0.3 is 0 Å². The molecule has 2 aromatic carbocycles. The van der Waals surface area contributed by atoms with Crippen molar-refractivity contribution >= 4 is 37.4 Å². The van der Waals surface area contributed by atoms with Crippen LogP contribution >= 0.6 is 11.6 Å². The highest BCUT2D eigenvalue weighted by Crippen LogP contribution is 2.25. The summed E-state index contributed by atoms with van der Waals surface area (Å²) in [6.07, 6.45) is 0. The predicted octanol–water partition coefficient (Wildman–Crippen LogP) is 1.61. The molecule has 1 saturated heterocycles. The maximum atomic E-state index is 12.5. The van der Waals surface area contributed by atoms with Crippen molar-refractivity contribution in [1.29, 1.82) is 0 Å². The van der Waals surface area contributed by atoms with E-state index in [4.69, 9.17) is 11.6 Å². The Hall–Kier alpha value is -1.94. The Balaban J connectivity index is 1.57. The lowest BCUT2D eigenvalue weighted by Gasteiger charge is -2.38. The van der Waals surface area contributed by atoms with Crippen molar-refractivity contribution in [3.63, 3.8) is 0 Å². The summed E-state index contributed by atoms with van der Waals surface area (Å²) in [5.41, 5.74) is 0.784. The van der Waals surface area contributed by atoms with Crippen molar-refractivity contribution in [1.82, 2.24) is 9.62 Å². The van der Waals surface area contributed by atoms with Crippen LogP contribution in [0, 0.1) is 6.92 Å². The number of amides is 1. The van der Waals surface area contributed by atoms with E-state index in [0.29, 0.717) is 5.02 Å². The average Bonchev–Trinajstić information content (AvgIpc) is 2.59. The van der Waals surface area contributed by atoms with Crippen LogP contribution in [0.1, 0.15) is 5.56 Å². The summed E-state index contributed by atoms with van der Waals surface area (Å²) in [6.45, 7) is 1.39. The van der Waals surface area contributed by atoms with Gasteiger partial charge in [0.05, 0.1) is 16.3 Å². The van der Waals surface area contributed by atoms with E-state index < -0.39 is 37.6 Å². The molecule has 3 rings (SSSR count). The second kappa shape index (κ2) is 7.82. The van der Waals surface area contributed by atoms with Crippen molar-refractivity contribution < 1.29 is 21.6 Å². The van der Waals surface area contributed by atoms with Gasteiger partial charge in [-0.2, -0.15) is 0 Å². The molecule has 0 saturated carbocycles. The largest absolute Gasteiger partial charge is 0.339 e. The minimum absolute atomic E-state index is 0.0238. The van der Waals surface area contributed by atoms with Crippen LogP contribution in [0.2, 0.25) is 5.02 Å². The maximum absolute atomic E-state index is 12.5. The Bertz CT molecular complexity index is 1090. The third kappa shape index (κ3) is 4.38. The number of sulfone groups is 1. The van der Waals surface area contributed by atoms with E-state index in [9.17, 15) is 21.6 Å². The Labute approximate surface area is 169 Å². The molecule has 28 heavy (non-hydrogen) atoms. The van der Waals surface area contributed by atoms with Gasteiger partial charge < -0.3 is 4.90 Å². The first-order chi connectivity index (χ1) is 13.1. The molecule has 0 bridgehead atoms. The maximum Gasteiger partial charge on any atom is 0.241 e. The third-order valence-corrected chi connectivity index (χ3v) is 8.25. The van der Waals surface area contributed by atoms with E-state index in [1.165, 1.54) is 41.3 Å². The van der Waals surface area contributed by atoms with Crippen molar-refractivity contribution in [2.24, 2.45) is 0 Å². The SMILES string of the molecule is Cc1cccc(S(=O)(=O)NCC(=O)N2CC(S(=O)(=O)c3ccc(Cl)cc3)C2)c1. The number of carbonyl (C=O) groups excluding carboxylic acids is 1. The van der Waals surface area contributed by atoms with Gasteiger partial charge in [-0.05, 0) is 48.9 Å². The van der Waals surface area contributed by atoms with E-state index in [-0.39, 0.29) is 22.9 Å². The number of nitrogens with one attached hydrogen (secondary N) is 1. The molecule has 1 amide bonds. The van der Waals surface area contributed by atoms with Crippen LogP contribution in [0.15, 0.2) is 58.3 Å². The van der Waals surface area contributed by atoms with Gasteiger partial charge in [-0.15, -0.1) is 0 Å². The number of hydrogen-bond acceptors (Lipinski definition) is 5. The highest BCUT2D eigenvalue weighted by molar-refractivity contribution is 7.92. The molecule has 1 aliphatic rings. The van der Waals surface area contributed by atoms with Gasteiger partial charge in [-0.25, -0.2) is 21.6 Å². The Morgan fingerprint density at radius 2 is 1.71 bits per heavy atom. The molecule has 0 unspecified atom stereocenters. The van der Waals surface area contributed by atoms with Crippen molar-refractivity contribution in [3.05, 3.63) is 59.1 Å². The molecule has 0 aliphatic carbocycles. The molecule has 1 N–H and O–H groups in total. The summed E-state index contributed by atoms with van der Waals surface area (Å²) in [6, 6.07) is 12.2. The number of sulfonamides is 1. The summed E-state index contributed by atoms with van der Waals surface area (Å²) < 4.78 is 51.9. The van der Waals surface area contributed by atoms with Crippen LogP contribution in [0.25, 0.3) is 0 Å². The standard InChI is InChI=1S/C18H19ClN2O5S2/c1-13-3-2-4-16(9-13)28(25,26)20-10-18(22)21-11-17(12-21)27(23,24)15-7-5-14(19)6-8-15/h2-9,17,20H,10-12H2,1H3. The van der Waals surface area contributed by atoms with Crippen molar-refractivity contribution in [2.75, 3.05) is 19.6 Å². The molecule has 150 valence electrons. The first-order valence-electron chi connectivity index (χ1n) is 8.43. The minimum atomic E-state index is -3.81. The number of benzene rings is 2. The van der Waals surface area contributed by atoms with Gasteiger partial charge in [-0.3, -0.25) is 4.79 Å². The smallest absolute Gasteiger partial charge is 0.241 e. The molecule has 10 heteroatoms. The third-order valence-electron chi connectivity index (χ3n) is 4.50. The van der Waals surface area contributed by atoms with Gasteiger partial charge in [0.1, 0.15) is 5.25 Å². The molecule has 7 nitrogen and oxygen atoms in total. The number of likely N-dealkylation sites (tertiary alicyclic amines) is 1. The van der Waals surface area contributed by atoms with Crippen LogP contribution < -0.4 is 4.72 Å². The lowest BCUT2D eigenvalue weighted by molar-refractivity contribution is -0.133. The second-order valence-electron chi connectivity index (χ2n) is 6.56. The number of rotatable bonds is 6. The lowest BCUT2D eigenvalue weighted by Crippen LogP contribution is -2.58. The fourth-order valence-electron chi connectivity index (χ4n) is 2.79. The highest BCUT2D eigenvalue weighted by atomic mass is 35.5. The zero-order valence-electron chi connectivity index (χ0n) is 15.0. The Kier molecular flexibility index (Phi) is 5.81. The first kappa shape index (κ1) is 20.8. The topological polar surface area (TPSA) is 101 Å². The molecule has 0 atom stereocenters. The zero-order valence-corrected chi connectivity index (χ0v) is 17.4. The van der Waals surface area contributed by atoms with Gasteiger partial charge in [0.2, 0.25) is 15.9 Å². The van der Waals surface area contributed by atoms with Crippen molar-refractivity contribution in [2.45, 2.75) is 22.0 Å². The number of carbonyl (C=O) groups is 1. The minimum Gasteiger partial charge on any atom is -0.339 e. The Morgan fingerprint density at radius 1 is 1.07 bits per heavy atom. The monoisotopic (exact) mass is 442 g/mol. The fourth-order valence-corrected chi connectivity index (χ4v) is 5.65. The molecule has 0 spiro atoms. The number of halogens is 1. The quantitative estimate of drug-likeness (QED) is 0.732. The van der Waals surface area contributed by atoms with E-state index in [1.807, 2.05) is 0 Å². The van der Waals surface area contributed by atoms with Gasteiger partial charge in [0.25, 0.3) is 0 Å². The van der Waals surface area contributed by atoms with E-state index in [2.05, 4.69) is 4.72 Å². The highest BCUT2D eigenvalue weighted by Gasteiger charge is 2.40. The number of nitrogens with zero attached hydrogens (tertiary/aromatic N) is 1. The van der Waals surface area contributed by atoms with Crippen LogP contribution in [0.4, 0.5) is 0 Å². The summed E-state index contributed by atoms with van der Waals surface area (Å²) in [4.78, 5) is 13.8. The molecule has 1 aliphatic heterocycles. The second-order valence-corrected chi connectivity index (χ2v) is 11.0. The molecule has 1 heterocycles. The van der Waals surface area contributed by atoms with Crippen LogP contribution in [-0.2, 0) is 24.7 Å². The van der Waals surface area contributed by atoms with Gasteiger partial charge in [-0.1, -0.05) is 23.7 Å². The lowest BCUT2D eigenvalue weighted by atomic mass is 10.2. The normalized spacial score (nSPS) is 15.3. The molecule has 2 aromatic rings. The average molecular weight is 443 g/mol. The molecular formula is C18H19ClN2O5S2.